The summed E-state index contributed by atoms with van der Waals surface area (Å²) in [5.41, 5.74) is 2.25. The zero-order valence-corrected chi connectivity index (χ0v) is 11.4. The molecule has 0 saturated heterocycles. The molecule has 4 heteroatoms. The molecule has 0 aliphatic rings. The van der Waals surface area contributed by atoms with Gasteiger partial charge in [0.05, 0.1) is 5.56 Å². The number of carboxylic acid groups (broad SMARTS) is 1. The second kappa shape index (κ2) is 7.01. The van der Waals surface area contributed by atoms with Crippen molar-refractivity contribution in [3.8, 4) is 0 Å². The van der Waals surface area contributed by atoms with E-state index in [-0.39, 0.29) is 0 Å². The number of anilines is 1. The third-order valence-electron chi connectivity index (χ3n) is 3.22. The van der Waals surface area contributed by atoms with Gasteiger partial charge in [0.25, 0.3) is 0 Å². The molecule has 0 atom stereocenters. The van der Waals surface area contributed by atoms with Crippen molar-refractivity contribution in [2.45, 2.75) is 20.3 Å². The van der Waals surface area contributed by atoms with E-state index in [1.165, 1.54) is 0 Å². The van der Waals surface area contributed by atoms with Gasteiger partial charge in [0.2, 0.25) is 0 Å². The highest BCUT2D eigenvalue weighted by atomic mass is 16.4. The van der Waals surface area contributed by atoms with E-state index >= 15 is 0 Å². The summed E-state index contributed by atoms with van der Waals surface area (Å²) in [6.07, 6.45) is 0.763. The van der Waals surface area contributed by atoms with E-state index in [0.717, 1.165) is 37.3 Å². The van der Waals surface area contributed by atoms with Gasteiger partial charge in [0.15, 0.2) is 0 Å². The van der Waals surface area contributed by atoms with Gasteiger partial charge in [0.1, 0.15) is 0 Å². The first-order valence-electron chi connectivity index (χ1n) is 6.38. The molecule has 2 N–H and O–H groups in total. The molecule has 0 heterocycles. The number of benzene rings is 1. The highest BCUT2D eigenvalue weighted by Crippen LogP contribution is 2.17. The van der Waals surface area contributed by atoms with Crippen molar-refractivity contribution in [1.82, 2.24) is 4.90 Å². The largest absolute Gasteiger partial charge is 0.478 e. The Kier molecular flexibility index (Phi) is 5.65. The monoisotopic (exact) mass is 250 g/mol. The maximum Gasteiger partial charge on any atom is 0.335 e. The molecule has 0 unspecified atom stereocenters. The fourth-order valence-electron chi connectivity index (χ4n) is 1.98. The summed E-state index contributed by atoms with van der Waals surface area (Å²) in [4.78, 5) is 13.5. The Bertz CT molecular complexity index is 401. The van der Waals surface area contributed by atoms with Crippen LogP contribution in [0.2, 0.25) is 0 Å². The van der Waals surface area contributed by atoms with Crippen LogP contribution in [0.25, 0.3) is 0 Å². The normalized spacial score (nSPS) is 10.7. The van der Waals surface area contributed by atoms with Crippen molar-refractivity contribution < 1.29 is 9.90 Å². The molecule has 4 nitrogen and oxygen atoms in total. The first-order valence-corrected chi connectivity index (χ1v) is 6.38. The van der Waals surface area contributed by atoms with Crippen LogP contribution in [-0.4, -0.2) is 42.7 Å². The van der Waals surface area contributed by atoms with Crippen LogP contribution in [-0.2, 0) is 6.42 Å². The summed E-state index contributed by atoms with van der Waals surface area (Å²) in [7, 11) is 1.84. The summed E-state index contributed by atoms with van der Waals surface area (Å²) in [5.74, 6) is -0.854. The predicted octanol–water partition coefficient (Wildman–Crippen LogP) is 2.31. The first kappa shape index (κ1) is 14.5. The van der Waals surface area contributed by atoms with E-state index < -0.39 is 5.97 Å². The zero-order chi connectivity index (χ0) is 13.5. The number of rotatable bonds is 7. The number of carbonyl (C=O) groups is 1. The maximum absolute atomic E-state index is 11.2. The minimum atomic E-state index is -0.854. The summed E-state index contributed by atoms with van der Waals surface area (Å²) >= 11 is 0. The van der Waals surface area contributed by atoms with Gasteiger partial charge in [-0.3, -0.25) is 0 Å². The minimum Gasteiger partial charge on any atom is -0.478 e. The van der Waals surface area contributed by atoms with E-state index in [9.17, 15) is 9.90 Å². The molecule has 100 valence electrons. The van der Waals surface area contributed by atoms with E-state index in [4.69, 9.17) is 0 Å². The molecule has 0 saturated carbocycles. The number of hydrogen-bond acceptors (Lipinski definition) is 3. The highest BCUT2D eigenvalue weighted by Gasteiger charge is 2.11. The maximum atomic E-state index is 11.2. The molecule has 0 aromatic heterocycles. The molecule has 0 aliphatic carbocycles. The lowest BCUT2D eigenvalue weighted by molar-refractivity contribution is 0.0695. The fourth-order valence-corrected chi connectivity index (χ4v) is 1.98. The Hall–Kier alpha value is -1.55. The molecule has 0 bridgehead atoms. The lowest BCUT2D eigenvalue weighted by Gasteiger charge is -2.18. The van der Waals surface area contributed by atoms with Gasteiger partial charge in [-0.15, -0.1) is 0 Å². The molecule has 0 aliphatic heterocycles. The minimum absolute atomic E-state index is 0.404. The Morgan fingerprint density at radius 3 is 2.50 bits per heavy atom. The average Bonchev–Trinajstić information content (AvgIpc) is 2.39. The SMILES string of the molecule is CCN(CC)CCc1cc(NC)ccc1C(=O)O. The third-order valence-corrected chi connectivity index (χ3v) is 3.22. The Balaban J connectivity index is 2.87. The number of carboxylic acids is 1. The van der Waals surface area contributed by atoms with E-state index in [1.807, 2.05) is 13.1 Å². The second-order valence-electron chi connectivity index (χ2n) is 4.20. The predicted molar refractivity (Wildman–Crippen MR) is 74.4 cm³/mol. The van der Waals surface area contributed by atoms with Gasteiger partial charge < -0.3 is 15.3 Å². The first-order chi connectivity index (χ1) is 8.62. The smallest absolute Gasteiger partial charge is 0.335 e. The topological polar surface area (TPSA) is 52.6 Å². The van der Waals surface area contributed by atoms with Crippen LogP contribution in [0.4, 0.5) is 5.69 Å². The van der Waals surface area contributed by atoms with E-state index in [2.05, 4.69) is 24.1 Å². The van der Waals surface area contributed by atoms with Crippen molar-refractivity contribution in [2.75, 3.05) is 32.0 Å². The van der Waals surface area contributed by atoms with Gasteiger partial charge in [-0.1, -0.05) is 13.8 Å². The number of aromatic carboxylic acids is 1. The van der Waals surface area contributed by atoms with Crippen LogP contribution < -0.4 is 5.32 Å². The summed E-state index contributed by atoms with van der Waals surface area (Å²) in [6, 6.07) is 5.39. The lowest BCUT2D eigenvalue weighted by atomic mass is 10.0. The number of nitrogens with one attached hydrogen (secondary N) is 1. The molecule has 0 fully saturated rings. The van der Waals surface area contributed by atoms with Crippen molar-refractivity contribution in [3.63, 3.8) is 0 Å². The van der Waals surface area contributed by atoms with Gasteiger partial charge in [0, 0.05) is 19.3 Å². The quantitative estimate of drug-likeness (QED) is 0.779. The van der Waals surface area contributed by atoms with Crippen molar-refractivity contribution in [3.05, 3.63) is 29.3 Å². The van der Waals surface area contributed by atoms with E-state index in [0.29, 0.717) is 5.56 Å². The summed E-state index contributed by atoms with van der Waals surface area (Å²) in [5, 5.41) is 12.2. The number of likely N-dealkylation sites (N-methyl/N-ethyl adjacent to an activating group) is 1. The van der Waals surface area contributed by atoms with Crippen LogP contribution in [0.1, 0.15) is 29.8 Å². The Morgan fingerprint density at radius 2 is 2.00 bits per heavy atom. The van der Waals surface area contributed by atoms with Crippen LogP contribution in [0.15, 0.2) is 18.2 Å². The summed E-state index contributed by atoms with van der Waals surface area (Å²) in [6.45, 7) is 7.10. The molecule has 1 rings (SSSR count). The van der Waals surface area contributed by atoms with Crippen LogP contribution >= 0.6 is 0 Å². The van der Waals surface area contributed by atoms with Gasteiger partial charge in [-0.05, 0) is 43.3 Å². The standard InChI is InChI=1S/C14H22N2O2/c1-4-16(5-2)9-8-11-10-12(15-3)6-7-13(11)14(17)18/h6-7,10,15H,4-5,8-9H2,1-3H3,(H,17,18). The summed E-state index contributed by atoms with van der Waals surface area (Å²) < 4.78 is 0. The molecule has 0 radical (unpaired) electrons. The molecular weight excluding hydrogens is 228 g/mol. The van der Waals surface area contributed by atoms with Crippen LogP contribution in [0.5, 0.6) is 0 Å². The average molecular weight is 250 g/mol. The highest BCUT2D eigenvalue weighted by molar-refractivity contribution is 5.90. The van der Waals surface area contributed by atoms with Gasteiger partial charge in [-0.2, -0.15) is 0 Å². The lowest BCUT2D eigenvalue weighted by Crippen LogP contribution is -2.25. The molecule has 0 amide bonds. The number of nitrogens with zero attached hydrogens (tertiary/aromatic N) is 1. The Morgan fingerprint density at radius 1 is 1.33 bits per heavy atom. The molecule has 1 aromatic rings. The van der Waals surface area contributed by atoms with Crippen molar-refractivity contribution in [2.24, 2.45) is 0 Å². The second-order valence-corrected chi connectivity index (χ2v) is 4.20. The number of hydrogen-bond donors (Lipinski definition) is 2. The van der Waals surface area contributed by atoms with Crippen LogP contribution in [0.3, 0.4) is 0 Å². The van der Waals surface area contributed by atoms with E-state index in [1.54, 1.807) is 12.1 Å². The van der Waals surface area contributed by atoms with Gasteiger partial charge in [-0.25, -0.2) is 4.79 Å². The fraction of sp³-hybridized carbons (Fsp3) is 0.500. The third kappa shape index (κ3) is 3.74. The van der Waals surface area contributed by atoms with Crippen LogP contribution in [0, 0.1) is 0 Å². The zero-order valence-electron chi connectivity index (χ0n) is 11.4. The molecule has 1 aromatic carbocycles. The molecule has 0 spiro atoms. The van der Waals surface area contributed by atoms with Crippen molar-refractivity contribution >= 4 is 11.7 Å². The van der Waals surface area contributed by atoms with Gasteiger partial charge >= 0.3 is 5.97 Å². The molecule has 18 heavy (non-hydrogen) atoms. The Labute approximate surface area is 109 Å². The van der Waals surface area contributed by atoms with Crippen molar-refractivity contribution in [1.29, 1.82) is 0 Å². The molecular formula is C14H22N2O2.